The van der Waals surface area contributed by atoms with Gasteiger partial charge in [0.15, 0.2) is 0 Å². The highest BCUT2D eigenvalue weighted by Crippen LogP contribution is 2.42. The van der Waals surface area contributed by atoms with E-state index in [9.17, 15) is 24.8 Å². The zero-order valence-electron chi connectivity index (χ0n) is 15.9. The number of para-hydroxylation sites is 1. The number of non-ortho nitro benzene ring substituents is 1. The molecule has 0 saturated carbocycles. The van der Waals surface area contributed by atoms with Crippen LogP contribution in [0.3, 0.4) is 0 Å². The molecule has 8 heteroatoms. The third kappa shape index (κ3) is 3.73. The number of carbonyl (C=O) groups excluding carboxylic acids is 2. The van der Waals surface area contributed by atoms with Gasteiger partial charge in [-0.3, -0.25) is 24.6 Å². The maximum Gasteiger partial charge on any atom is 0.300 e. The Morgan fingerprint density at radius 2 is 1.55 bits per heavy atom. The van der Waals surface area contributed by atoms with Gasteiger partial charge in [-0.15, -0.1) is 0 Å². The van der Waals surface area contributed by atoms with Gasteiger partial charge in [-0.1, -0.05) is 46.3 Å². The predicted octanol–water partition coefficient (Wildman–Crippen LogP) is 4.98. The smallest absolute Gasteiger partial charge is 0.300 e. The number of carbonyl (C=O) groups is 2. The van der Waals surface area contributed by atoms with Crippen LogP contribution in [0.15, 0.2) is 88.9 Å². The fraction of sp³-hybridized carbons (Fsp3) is 0.0435. The fourth-order valence-electron chi connectivity index (χ4n) is 3.54. The Hall–Kier alpha value is -3.78. The van der Waals surface area contributed by atoms with Crippen LogP contribution in [0, 0.1) is 10.1 Å². The monoisotopic (exact) mass is 478 g/mol. The van der Waals surface area contributed by atoms with Gasteiger partial charge in [0.1, 0.15) is 5.76 Å². The first-order valence-electron chi connectivity index (χ1n) is 9.25. The number of nitrogens with zero attached hydrogens (tertiary/aromatic N) is 2. The second-order valence-electron chi connectivity index (χ2n) is 6.86. The molecule has 3 aromatic carbocycles. The van der Waals surface area contributed by atoms with Crippen LogP contribution in [0.1, 0.15) is 17.2 Å². The predicted molar refractivity (Wildman–Crippen MR) is 118 cm³/mol. The van der Waals surface area contributed by atoms with Crippen LogP contribution >= 0.6 is 15.9 Å². The fourth-order valence-corrected chi connectivity index (χ4v) is 3.81. The summed E-state index contributed by atoms with van der Waals surface area (Å²) in [4.78, 5) is 37.7. The highest BCUT2D eigenvalue weighted by atomic mass is 79.9. The van der Waals surface area contributed by atoms with E-state index in [1.165, 1.54) is 29.2 Å². The molecule has 0 aromatic heterocycles. The molecule has 0 radical (unpaired) electrons. The average molecular weight is 479 g/mol. The van der Waals surface area contributed by atoms with E-state index in [1.807, 2.05) is 0 Å². The molecule has 1 unspecified atom stereocenters. The molecule has 1 heterocycles. The lowest BCUT2D eigenvalue weighted by atomic mass is 9.95. The third-order valence-corrected chi connectivity index (χ3v) is 5.54. The van der Waals surface area contributed by atoms with Gasteiger partial charge in [-0.2, -0.15) is 0 Å². The average Bonchev–Trinajstić information content (AvgIpc) is 3.05. The van der Waals surface area contributed by atoms with E-state index in [-0.39, 0.29) is 22.6 Å². The zero-order valence-corrected chi connectivity index (χ0v) is 17.5. The van der Waals surface area contributed by atoms with Crippen LogP contribution in [0.2, 0.25) is 0 Å². The number of hydrogen-bond donors (Lipinski definition) is 1. The minimum absolute atomic E-state index is 0.0787. The standard InChI is InChI=1S/C23H15BrN2O5/c24-16-10-6-14(7-11-16)20-19(21(27)15-8-12-18(13-9-15)26(30)31)22(28)23(29)25(20)17-4-2-1-3-5-17/h1-13,20,27H/b21-19+. The first-order chi connectivity index (χ1) is 14.9. The van der Waals surface area contributed by atoms with Gasteiger partial charge in [0, 0.05) is 27.9 Å². The van der Waals surface area contributed by atoms with E-state index in [0.717, 1.165) is 4.47 Å². The molecule has 7 nitrogen and oxygen atoms in total. The topological polar surface area (TPSA) is 101 Å². The van der Waals surface area contributed by atoms with Crippen LogP contribution in [0.4, 0.5) is 11.4 Å². The number of nitro groups is 1. The molecule has 4 rings (SSSR count). The Morgan fingerprint density at radius 3 is 2.13 bits per heavy atom. The number of anilines is 1. The number of aliphatic hydroxyl groups excluding tert-OH is 1. The summed E-state index contributed by atoms with van der Waals surface area (Å²) in [6, 6.07) is 20.1. The van der Waals surface area contributed by atoms with E-state index >= 15 is 0 Å². The molecule has 0 spiro atoms. The van der Waals surface area contributed by atoms with E-state index < -0.39 is 22.7 Å². The minimum Gasteiger partial charge on any atom is -0.507 e. The molecule has 1 fully saturated rings. The van der Waals surface area contributed by atoms with Crippen LogP contribution in [-0.2, 0) is 9.59 Å². The Kier molecular flexibility index (Phi) is 5.39. The molecule has 1 amide bonds. The molecule has 0 aliphatic carbocycles. The number of nitro benzene ring substituents is 1. The third-order valence-electron chi connectivity index (χ3n) is 5.02. The Morgan fingerprint density at radius 1 is 0.935 bits per heavy atom. The van der Waals surface area contributed by atoms with Crippen molar-refractivity contribution < 1.29 is 19.6 Å². The summed E-state index contributed by atoms with van der Waals surface area (Å²) in [5, 5.41) is 21.9. The van der Waals surface area contributed by atoms with Crippen molar-refractivity contribution in [3.8, 4) is 0 Å². The normalized spacial score (nSPS) is 17.7. The van der Waals surface area contributed by atoms with Gasteiger partial charge in [-0.05, 0) is 42.0 Å². The van der Waals surface area contributed by atoms with Crippen molar-refractivity contribution in [2.45, 2.75) is 6.04 Å². The summed E-state index contributed by atoms with van der Waals surface area (Å²) in [6.45, 7) is 0. The summed E-state index contributed by atoms with van der Waals surface area (Å²) in [7, 11) is 0. The molecule has 1 aliphatic heterocycles. The Bertz CT molecular complexity index is 1200. The van der Waals surface area contributed by atoms with E-state index in [1.54, 1.807) is 54.6 Å². The maximum atomic E-state index is 13.0. The van der Waals surface area contributed by atoms with Crippen molar-refractivity contribution in [1.29, 1.82) is 0 Å². The molecule has 3 aromatic rings. The second kappa shape index (κ2) is 8.16. The summed E-state index contributed by atoms with van der Waals surface area (Å²) in [6.07, 6.45) is 0. The van der Waals surface area contributed by atoms with Crippen molar-refractivity contribution in [2.75, 3.05) is 4.90 Å². The van der Waals surface area contributed by atoms with E-state index in [0.29, 0.717) is 11.3 Å². The number of amides is 1. The molecule has 0 bridgehead atoms. The Balaban J connectivity index is 1.91. The SMILES string of the molecule is O=C1C(=O)N(c2ccccc2)C(c2ccc(Br)cc2)/C1=C(\O)c1ccc([N+](=O)[O-])cc1. The number of halogens is 1. The van der Waals surface area contributed by atoms with Crippen molar-refractivity contribution in [1.82, 2.24) is 0 Å². The number of benzene rings is 3. The maximum absolute atomic E-state index is 13.0. The first kappa shape index (κ1) is 20.5. The quantitative estimate of drug-likeness (QED) is 0.187. The summed E-state index contributed by atoms with van der Waals surface area (Å²) in [5.41, 5.74) is 1.13. The highest BCUT2D eigenvalue weighted by Gasteiger charge is 2.46. The molecule has 1 N–H and O–H groups in total. The Labute approximate surface area is 185 Å². The number of Topliss-reactive ketones (excluding diaryl/α,β-unsaturated/α-hetero) is 1. The lowest BCUT2D eigenvalue weighted by Gasteiger charge is -2.25. The van der Waals surface area contributed by atoms with Gasteiger partial charge in [0.25, 0.3) is 17.4 Å². The van der Waals surface area contributed by atoms with Gasteiger partial charge in [0.2, 0.25) is 0 Å². The van der Waals surface area contributed by atoms with Gasteiger partial charge in [-0.25, -0.2) is 0 Å². The van der Waals surface area contributed by atoms with Crippen molar-refractivity contribution in [2.24, 2.45) is 0 Å². The summed E-state index contributed by atoms with van der Waals surface area (Å²) >= 11 is 3.37. The van der Waals surface area contributed by atoms with Crippen LogP contribution in [-0.4, -0.2) is 21.7 Å². The largest absolute Gasteiger partial charge is 0.507 e. The molecule has 1 saturated heterocycles. The molecule has 1 atom stereocenters. The molecular weight excluding hydrogens is 464 g/mol. The number of hydrogen-bond acceptors (Lipinski definition) is 5. The van der Waals surface area contributed by atoms with Crippen LogP contribution < -0.4 is 4.90 Å². The van der Waals surface area contributed by atoms with Crippen molar-refractivity contribution in [3.63, 3.8) is 0 Å². The molecule has 31 heavy (non-hydrogen) atoms. The first-order valence-corrected chi connectivity index (χ1v) is 10.0. The molecule has 154 valence electrons. The second-order valence-corrected chi connectivity index (χ2v) is 7.78. The lowest BCUT2D eigenvalue weighted by Crippen LogP contribution is -2.29. The highest BCUT2D eigenvalue weighted by molar-refractivity contribution is 9.10. The van der Waals surface area contributed by atoms with Crippen molar-refractivity contribution in [3.05, 3.63) is 110 Å². The lowest BCUT2D eigenvalue weighted by molar-refractivity contribution is -0.384. The number of aliphatic hydroxyl groups is 1. The van der Waals surface area contributed by atoms with Gasteiger partial charge >= 0.3 is 0 Å². The van der Waals surface area contributed by atoms with E-state index in [4.69, 9.17) is 0 Å². The van der Waals surface area contributed by atoms with Crippen LogP contribution in [0.5, 0.6) is 0 Å². The minimum atomic E-state index is -0.856. The molecule has 1 aliphatic rings. The molecular formula is C23H15BrN2O5. The summed E-state index contributed by atoms with van der Waals surface area (Å²) in [5.74, 6) is -1.98. The van der Waals surface area contributed by atoms with Gasteiger partial charge < -0.3 is 5.11 Å². The van der Waals surface area contributed by atoms with Crippen molar-refractivity contribution >= 4 is 44.8 Å². The number of ketones is 1. The summed E-state index contributed by atoms with van der Waals surface area (Å²) < 4.78 is 0.822. The van der Waals surface area contributed by atoms with E-state index in [2.05, 4.69) is 15.9 Å². The number of rotatable bonds is 4. The van der Waals surface area contributed by atoms with Gasteiger partial charge in [0.05, 0.1) is 16.5 Å². The van der Waals surface area contributed by atoms with Crippen LogP contribution in [0.25, 0.3) is 5.76 Å². The zero-order chi connectivity index (χ0) is 22.1.